The van der Waals surface area contributed by atoms with Crippen molar-refractivity contribution in [1.82, 2.24) is 9.55 Å². The fraction of sp³-hybridized carbons (Fsp3) is 0.625. The maximum atomic E-state index is 8.74. The van der Waals surface area contributed by atoms with Crippen LogP contribution in [-0.2, 0) is 12.1 Å². The number of aromatic nitrogens is 2. The van der Waals surface area contributed by atoms with Gasteiger partial charge in [0.05, 0.1) is 18.6 Å². The van der Waals surface area contributed by atoms with Crippen LogP contribution in [0.15, 0.2) is 12.5 Å². The van der Waals surface area contributed by atoms with E-state index in [2.05, 4.69) is 25.8 Å². The molecule has 0 amide bonds. The van der Waals surface area contributed by atoms with E-state index in [1.807, 2.05) is 10.8 Å². The zero-order valence-corrected chi connectivity index (χ0v) is 7.20. The lowest BCUT2D eigenvalue weighted by atomic mass is 10.1. The summed E-state index contributed by atoms with van der Waals surface area (Å²) in [5.41, 5.74) is 0.778. The van der Waals surface area contributed by atoms with E-state index in [1.54, 1.807) is 6.33 Å². The summed E-state index contributed by atoms with van der Waals surface area (Å²) < 4.78 is 1.98. The van der Waals surface area contributed by atoms with Crippen LogP contribution in [-0.4, -0.2) is 14.7 Å². The molecular weight excluding hydrogens is 140 g/mol. The van der Waals surface area contributed by atoms with Crippen molar-refractivity contribution < 1.29 is 5.11 Å². The highest BCUT2D eigenvalue weighted by Crippen LogP contribution is 2.13. The number of imidazole rings is 1. The summed E-state index contributed by atoms with van der Waals surface area (Å²) >= 11 is 0. The first-order valence-corrected chi connectivity index (χ1v) is 3.68. The second kappa shape index (κ2) is 2.66. The summed E-state index contributed by atoms with van der Waals surface area (Å²) in [5, 5.41) is 8.74. The lowest BCUT2D eigenvalue weighted by Gasteiger charge is -2.19. The molecule has 1 heterocycles. The third-order valence-electron chi connectivity index (χ3n) is 1.57. The molecule has 3 nitrogen and oxygen atoms in total. The third kappa shape index (κ3) is 1.80. The Morgan fingerprint density at radius 1 is 1.55 bits per heavy atom. The molecule has 0 bridgehead atoms. The highest BCUT2D eigenvalue weighted by atomic mass is 16.3. The van der Waals surface area contributed by atoms with Crippen molar-refractivity contribution >= 4 is 0 Å². The van der Waals surface area contributed by atoms with Crippen molar-refractivity contribution in [2.45, 2.75) is 32.9 Å². The van der Waals surface area contributed by atoms with Gasteiger partial charge in [-0.25, -0.2) is 4.98 Å². The highest BCUT2D eigenvalue weighted by molar-refractivity contribution is 4.97. The van der Waals surface area contributed by atoms with E-state index < -0.39 is 0 Å². The molecule has 1 N–H and O–H groups in total. The van der Waals surface area contributed by atoms with Crippen LogP contribution in [0.4, 0.5) is 0 Å². The first-order chi connectivity index (χ1) is 5.04. The van der Waals surface area contributed by atoms with Gasteiger partial charge in [-0.15, -0.1) is 0 Å². The topological polar surface area (TPSA) is 38.0 Å². The number of aliphatic hydroxyl groups excluding tert-OH is 1. The zero-order chi connectivity index (χ0) is 8.48. The molecule has 0 aliphatic carbocycles. The van der Waals surface area contributed by atoms with Crippen molar-refractivity contribution in [3.8, 4) is 0 Å². The van der Waals surface area contributed by atoms with Gasteiger partial charge in [0, 0.05) is 11.7 Å². The normalized spacial score (nSPS) is 12.0. The van der Waals surface area contributed by atoms with E-state index in [0.717, 1.165) is 5.69 Å². The summed E-state index contributed by atoms with van der Waals surface area (Å²) in [4.78, 5) is 4.01. The van der Waals surface area contributed by atoms with Crippen LogP contribution in [0, 0.1) is 0 Å². The summed E-state index contributed by atoms with van der Waals surface area (Å²) in [5.74, 6) is 0. The minimum atomic E-state index is 0.0169. The van der Waals surface area contributed by atoms with Gasteiger partial charge in [-0.2, -0.15) is 0 Å². The highest BCUT2D eigenvalue weighted by Gasteiger charge is 2.12. The molecule has 0 saturated carbocycles. The Balaban J connectivity index is 2.89. The Kier molecular flexibility index (Phi) is 2.00. The predicted molar refractivity (Wildman–Crippen MR) is 43.1 cm³/mol. The Morgan fingerprint density at radius 2 is 2.18 bits per heavy atom. The van der Waals surface area contributed by atoms with Crippen LogP contribution in [0.3, 0.4) is 0 Å². The second-order valence-corrected chi connectivity index (χ2v) is 3.60. The molecule has 0 atom stereocenters. The van der Waals surface area contributed by atoms with E-state index in [-0.39, 0.29) is 12.1 Å². The van der Waals surface area contributed by atoms with Crippen molar-refractivity contribution in [3.05, 3.63) is 18.2 Å². The molecule has 0 aliphatic heterocycles. The quantitative estimate of drug-likeness (QED) is 0.658. The molecule has 0 spiro atoms. The second-order valence-electron chi connectivity index (χ2n) is 3.60. The Morgan fingerprint density at radius 3 is 2.45 bits per heavy atom. The maximum Gasteiger partial charge on any atom is 0.0955 e. The van der Waals surface area contributed by atoms with Gasteiger partial charge in [-0.1, -0.05) is 0 Å². The average molecular weight is 154 g/mol. The first kappa shape index (κ1) is 8.27. The van der Waals surface area contributed by atoms with Crippen LogP contribution in [0.1, 0.15) is 26.5 Å². The summed E-state index contributed by atoms with van der Waals surface area (Å²) in [6.45, 7) is 6.30. The Bertz CT molecular complexity index is 234. The van der Waals surface area contributed by atoms with Gasteiger partial charge >= 0.3 is 0 Å². The SMILES string of the molecule is CC(C)(C)n1cnc(CO)c1. The molecule has 3 heteroatoms. The third-order valence-corrected chi connectivity index (χ3v) is 1.57. The van der Waals surface area contributed by atoms with E-state index >= 15 is 0 Å². The number of rotatable bonds is 1. The lowest BCUT2D eigenvalue weighted by molar-refractivity contribution is 0.277. The zero-order valence-electron chi connectivity index (χ0n) is 7.20. The summed E-state index contributed by atoms with van der Waals surface area (Å²) in [6, 6.07) is 0. The van der Waals surface area contributed by atoms with Gasteiger partial charge < -0.3 is 9.67 Å². The van der Waals surface area contributed by atoms with E-state index in [4.69, 9.17) is 5.11 Å². The number of hydrogen-bond acceptors (Lipinski definition) is 2. The van der Waals surface area contributed by atoms with Crippen molar-refractivity contribution in [3.63, 3.8) is 0 Å². The molecule has 1 aromatic heterocycles. The molecule has 62 valence electrons. The Hall–Kier alpha value is -0.830. The molecule has 0 aromatic carbocycles. The largest absolute Gasteiger partial charge is 0.390 e. The van der Waals surface area contributed by atoms with Crippen molar-refractivity contribution in [2.24, 2.45) is 0 Å². The molecule has 0 aliphatic rings. The fourth-order valence-electron chi connectivity index (χ4n) is 0.812. The summed E-state index contributed by atoms with van der Waals surface area (Å²) in [7, 11) is 0. The molecule has 0 fully saturated rings. The number of nitrogens with zero attached hydrogens (tertiary/aromatic N) is 2. The van der Waals surface area contributed by atoms with Crippen LogP contribution < -0.4 is 0 Å². The van der Waals surface area contributed by atoms with Gasteiger partial charge in [-0.3, -0.25) is 0 Å². The molecule has 0 saturated heterocycles. The minimum absolute atomic E-state index is 0.0169. The van der Waals surface area contributed by atoms with Crippen LogP contribution in [0.2, 0.25) is 0 Å². The monoisotopic (exact) mass is 154 g/mol. The van der Waals surface area contributed by atoms with E-state index in [9.17, 15) is 0 Å². The van der Waals surface area contributed by atoms with Crippen molar-refractivity contribution in [2.75, 3.05) is 0 Å². The minimum Gasteiger partial charge on any atom is -0.390 e. The van der Waals surface area contributed by atoms with Gasteiger partial charge in [-0.05, 0) is 20.8 Å². The van der Waals surface area contributed by atoms with Gasteiger partial charge in [0.1, 0.15) is 0 Å². The van der Waals surface area contributed by atoms with Crippen LogP contribution in [0.25, 0.3) is 0 Å². The predicted octanol–water partition coefficient (Wildman–Crippen LogP) is 1.13. The molecule has 0 radical (unpaired) electrons. The number of hydrogen-bond donors (Lipinski definition) is 1. The number of aliphatic hydroxyl groups is 1. The van der Waals surface area contributed by atoms with Crippen molar-refractivity contribution in [1.29, 1.82) is 0 Å². The molecular formula is C8H14N2O. The molecule has 1 rings (SSSR count). The summed E-state index contributed by atoms with van der Waals surface area (Å²) in [6.07, 6.45) is 3.60. The van der Waals surface area contributed by atoms with Crippen LogP contribution in [0.5, 0.6) is 0 Å². The molecule has 0 unspecified atom stereocenters. The fourth-order valence-corrected chi connectivity index (χ4v) is 0.812. The first-order valence-electron chi connectivity index (χ1n) is 3.68. The smallest absolute Gasteiger partial charge is 0.0955 e. The van der Waals surface area contributed by atoms with Gasteiger partial charge in [0.15, 0.2) is 0 Å². The van der Waals surface area contributed by atoms with Crippen LogP contribution >= 0.6 is 0 Å². The molecule has 1 aromatic rings. The van der Waals surface area contributed by atoms with E-state index in [1.165, 1.54) is 0 Å². The molecule has 11 heavy (non-hydrogen) atoms. The maximum absolute atomic E-state index is 8.74. The van der Waals surface area contributed by atoms with Gasteiger partial charge in [0.2, 0.25) is 0 Å². The van der Waals surface area contributed by atoms with Gasteiger partial charge in [0.25, 0.3) is 0 Å². The van der Waals surface area contributed by atoms with E-state index in [0.29, 0.717) is 0 Å². The Labute approximate surface area is 66.7 Å². The average Bonchev–Trinajstić information content (AvgIpc) is 2.32. The standard InChI is InChI=1S/C8H14N2O/c1-8(2,3)10-4-7(5-11)9-6-10/h4,6,11H,5H2,1-3H3. The lowest BCUT2D eigenvalue weighted by Crippen LogP contribution is -2.19.